The molecule has 0 saturated heterocycles. The van der Waals surface area contributed by atoms with Gasteiger partial charge in [-0.1, -0.05) is 146 Å². The van der Waals surface area contributed by atoms with Gasteiger partial charge in [0, 0.05) is 43.7 Å². The third-order valence-electron chi connectivity index (χ3n) is 11.7. The van der Waals surface area contributed by atoms with E-state index < -0.39 is 0 Å². The first-order valence-corrected chi connectivity index (χ1v) is 19.9. The van der Waals surface area contributed by atoms with Crippen molar-refractivity contribution in [2.45, 2.75) is 0 Å². The summed E-state index contributed by atoms with van der Waals surface area (Å²) in [6, 6.07) is 72.9. The summed E-state index contributed by atoms with van der Waals surface area (Å²) in [5, 5.41) is 8.99. The number of aromatic nitrogens is 1. The lowest BCUT2D eigenvalue weighted by molar-refractivity contribution is 0.623. The lowest BCUT2D eigenvalue weighted by Crippen LogP contribution is -2.12. The van der Waals surface area contributed by atoms with Gasteiger partial charge in [0.05, 0.1) is 11.4 Å². The van der Waals surface area contributed by atoms with Gasteiger partial charge in [0.15, 0.2) is 5.58 Å². The normalized spacial score (nSPS) is 11.7. The van der Waals surface area contributed by atoms with E-state index in [2.05, 4.69) is 169 Å². The molecular weight excluding hydrogens is 721 g/mol. The number of hydrogen-bond acceptors (Lipinski definition) is 4. The van der Waals surface area contributed by atoms with Crippen LogP contribution in [0.1, 0.15) is 0 Å². The fourth-order valence-electron chi connectivity index (χ4n) is 8.91. The predicted octanol–water partition coefficient (Wildman–Crippen LogP) is 15.7. The summed E-state index contributed by atoms with van der Waals surface area (Å²) in [4.78, 5) is 7.38. The zero-order valence-electron chi connectivity index (χ0n) is 31.8. The molecule has 12 rings (SSSR count). The summed E-state index contributed by atoms with van der Waals surface area (Å²) in [6.07, 6.45) is 0. The van der Waals surface area contributed by atoms with Gasteiger partial charge >= 0.3 is 0 Å². The van der Waals surface area contributed by atoms with Crippen molar-refractivity contribution in [1.82, 2.24) is 4.98 Å². The first kappa shape index (κ1) is 33.2. The standard InChI is InChI=1S/C55H34N2O2/c1-3-13-36(14-4-1)42-17-9-11-21-48(42)57(41-29-25-35(26-30-41)39-27-31-45-44-19-10-12-22-50(44)58-51(45)34-39)49-33-40-24-23-37-28-32-47-54(59-55(56-47)38-15-5-2-6-16-38)53(37)52(40)46-20-8-7-18-43(46)49/h1-34H. The fraction of sp³-hybridized carbons (Fsp3) is 0. The van der Waals surface area contributed by atoms with Crippen LogP contribution < -0.4 is 4.90 Å². The summed E-state index contributed by atoms with van der Waals surface area (Å²) in [6.45, 7) is 0. The zero-order valence-corrected chi connectivity index (χ0v) is 31.8. The Labute approximate surface area is 339 Å². The maximum absolute atomic E-state index is 6.66. The average Bonchev–Trinajstić information content (AvgIpc) is 3.92. The molecule has 0 spiro atoms. The maximum Gasteiger partial charge on any atom is 0.227 e. The molecule has 0 bridgehead atoms. The van der Waals surface area contributed by atoms with Crippen LogP contribution in [-0.2, 0) is 0 Å². The molecule has 4 nitrogen and oxygen atoms in total. The van der Waals surface area contributed by atoms with E-state index in [0.29, 0.717) is 5.89 Å². The van der Waals surface area contributed by atoms with Gasteiger partial charge in [0.2, 0.25) is 5.89 Å². The van der Waals surface area contributed by atoms with Gasteiger partial charge in [0.1, 0.15) is 16.7 Å². The molecule has 12 aromatic rings. The minimum atomic E-state index is 0.621. The molecule has 0 radical (unpaired) electrons. The summed E-state index contributed by atoms with van der Waals surface area (Å²) < 4.78 is 12.9. The monoisotopic (exact) mass is 754 g/mol. The van der Waals surface area contributed by atoms with Crippen molar-refractivity contribution in [3.05, 3.63) is 206 Å². The Kier molecular flexibility index (Phi) is 7.50. The topological polar surface area (TPSA) is 42.4 Å². The van der Waals surface area contributed by atoms with Crippen LogP contribution in [0.3, 0.4) is 0 Å². The Morgan fingerprint density at radius 1 is 0.373 bits per heavy atom. The number of benzene rings is 10. The highest BCUT2D eigenvalue weighted by Gasteiger charge is 2.23. The summed E-state index contributed by atoms with van der Waals surface area (Å²) in [7, 11) is 0. The van der Waals surface area contributed by atoms with Crippen molar-refractivity contribution in [3.63, 3.8) is 0 Å². The van der Waals surface area contributed by atoms with Crippen LogP contribution in [0.25, 0.3) is 99.1 Å². The van der Waals surface area contributed by atoms with E-state index in [9.17, 15) is 0 Å². The Hall–Kier alpha value is -7.95. The number of para-hydroxylation sites is 2. The van der Waals surface area contributed by atoms with Gasteiger partial charge in [0.25, 0.3) is 0 Å². The Balaban J connectivity index is 1.08. The summed E-state index contributed by atoms with van der Waals surface area (Å²) >= 11 is 0. The van der Waals surface area contributed by atoms with Crippen molar-refractivity contribution in [2.75, 3.05) is 4.90 Å². The molecular formula is C55H34N2O2. The molecule has 0 aliphatic rings. The van der Waals surface area contributed by atoms with Crippen LogP contribution in [0.4, 0.5) is 17.1 Å². The fourth-order valence-corrected chi connectivity index (χ4v) is 8.91. The molecule has 0 N–H and O–H groups in total. The molecule has 0 atom stereocenters. The van der Waals surface area contributed by atoms with Crippen LogP contribution >= 0.6 is 0 Å². The molecule has 2 heterocycles. The number of rotatable bonds is 6. The lowest BCUT2D eigenvalue weighted by atomic mass is 9.93. The van der Waals surface area contributed by atoms with Gasteiger partial charge in [-0.3, -0.25) is 0 Å². The van der Waals surface area contributed by atoms with E-state index in [4.69, 9.17) is 13.8 Å². The number of hydrogen-bond donors (Lipinski definition) is 0. The average molecular weight is 755 g/mol. The van der Waals surface area contributed by atoms with Gasteiger partial charge in [-0.05, 0) is 93.5 Å². The number of nitrogens with zero attached hydrogens (tertiary/aromatic N) is 2. The van der Waals surface area contributed by atoms with Crippen molar-refractivity contribution in [2.24, 2.45) is 0 Å². The Morgan fingerprint density at radius 3 is 1.85 bits per heavy atom. The van der Waals surface area contributed by atoms with Crippen molar-refractivity contribution < 1.29 is 8.83 Å². The molecule has 0 fully saturated rings. The molecule has 0 amide bonds. The maximum atomic E-state index is 6.66. The largest absolute Gasteiger partial charge is 0.456 e. The second-order valence-corrected chi connectivity index (χ2v) is 15.1. The third kappa shape index (κ3) is 5.42. The SMILES string of the molecule is c1ccc(-c2nc3ccc4ccc5cc(N(c6ccc(-c7ccc8c(c7)oc7ccccc78)cc6)c6ccccc6-c6ccccc6)c6ccccc6c5c4c3o2)cc1. The predicted molar refractivity (Wildman–Crippen MR) is 245 cm³/mol. The first-order chi connectivity index (χ1) is 29.2. The molecule has 10 aromatic carbocycles. The molecule has 59 heavy (non-hydrogen) atoms. The van der Waals surface area contributed by atoms with Crippen molar-refractivity contribution >= 4 is 82.4 Å². The highest BCUT2D eigenvalue weighted by atomic mass is 16.3. The minimum Gasteiger partial charge on any atom is -0.456 e. The van der Waals surface area contributed by atoms with E-state index >= 15 is 0 Å². The highest BCUT2D eigenvalue weighted by molar-refractivity contribution is 6.28. The molecule has 0 aliphatic heterocycles. The molecule has 276 valence electrons. The van der Waals surface area contributed by atoms with Crippen molar-refractivity contribution in [1.29, 1.82) is 0 Å². The number of furan rings is 1. The van der Waals surface area contributed by atoms with E-state index in [-0.39, 0.29) is 0 Å². The van der Waals surface area contributed by atoms with Crippen LogP contribution in [0, 0.1) is 0 Å². The number of fused-ring (bicyclic) bond motifs is 10. The van der Waals surface area contributed by atoms with Crippen molar-refractivity contribution in [3.8, 4) is 33.7 Å². The first-order valence-electron chi connectivity index (χ1n) is 19.9. The Bertz CT molecular complexity index is 3550. The molecule has 0 saturated carbocycles. The van der Waals surface area contributed by atoms with Gasteiger partial charge < -0.3 is 13.7 Å². The van der Waals surface area contributed by atoms with Crippen LogP contribution in [0.5, 0.6) is 0 Å². The second-order valence-electron chi connectivity index (χ2n) is 15.1. The molecule has 0 aliphatic carbocycles. The number of oxazole rings is 1. The molecule has 0 unspecified atom stereocenters. The summed E-state index contributed by atoms with van der Waals surface area (Å²) in [5.74, 6) is 0.621. The van der Waals surface area contributed by atoms with E-state index in [0.717, 1.165) is 110 Å². The van der Waals surface area contributed by atoms with Crippen LogP contribution in [0.15, 0.2) is 215 Å². The second kappa shape index (κ2) is 13.3. The zero-order chi connectivity index (χ0) is 38.9. The minimum absolute atomic E-state index is 0.621. The lowest BCUT2D eigenvalue weighted by Gasteiger charge is -2.30. The van der Waals surface area contributed by atoms with E-state index in [1.807, 2.05) is 42.5 Å². The van der Waals surface area contributed by atoms with Gasteiger partial charge in [-0.15, -0.1) is 0 Å². The van der Waals surface area contributed by atoms with E-state index in [1.54, 1.807) is 0 Å². The molecule has 4 heteroatoms. The smallest absolute Gasteiger partial charge is 0.227 e. The Morgan fingerprint density at radius 2 is 1.02 bits per heavy atom. The van der Waals surface area contributed by atoms with Crippen LogP contribution in [0.2, 0.25) is 0 Å². The van der Waals surface area contributed by atoms with E-state index in [1.165, 1.54) is 0 Å². The molecule has 2 aromatic heterocycles. The number of anilines is 3. The highest BCUT2D eigenvalue weighted by Crippen LogP contribution is 2.47. The summed E-state index contributed by atoms with van der Waals surface area (Å²) in [5.41, 5.74) is 12.1. The quantitative estimate of drug-likeness (QED) is 0.159. The third-order valence-corrected chi connectivity index (χ3v) is 11.7. The van der Waals surface area contributed by atoms with Gasteiger partial charge in [-0.25, -0.2) is 4.98 Å². The van der Waals surface area contributed by atoms with Crippen LogP contribution in [-0.4, -0.2) is 4.98 Å². The van der Waals surface area contributed by atoms with Gasteiger partial charge in [-0.2, -0.15) is 0 Å².